The summed E-state index contributed by atoms with van der Waals surface area (Å²) in [5.41, 5.74) is 3.28. The number of hydrogen-bond donors (Lipinski definition) is 0. The highest BCUT2D eigenvalue weighted by Gasteiger charge is 2.21. The second-order valence-corrected chi connectivity index (χ2v) is 6.79. The second kappa shape index (κ2) is 7.45. The van der Waals surface area contributed by atoms with Gasteiger partial charge in [0, 0.05) is 24.0 Å². The Bertz CT molecular complexity index is 761. The van der Waals surface area contributed by atoms with Crippen molar-refractivity contribution in [3.05, 3.63) is 63.4 Å². The van der Waals surface area contributed by atoms with Crippen molar-refractivity contribution in [3.8, 4) is 0 Å². The lowest BCUT2D eigenvalue weighted by Crippen LogP contribution is -2.38. The van der Waals surface area contributed by atoms with Gasteiger partial charge in [-0.3, -0.25) is 4.79 Å². The van der Waals surface area contributed by atoms with Crippen molar-refractivity contribution in [1.29, 1.82) is 0 Å². The van der Waals surface area contributed by atoms with Crippen LogP contribution in [0.5, 0.6) is 0 Å². The summed E-state index contributed by atoms with van der Waals surface area (Å²) in [6, 6.07) is 9.86. The Morgan fingerprint density at radius 2 is 2.04 bits per heavy atom. The lowest BCUT2D eigenvalue weighted by molar-refractivity contribution is -0.148. The van der Waals surface area contributed by atoms with E-state index in [1.807, 2.05) is 31.2 Å². The third kappa shape index (κ3) is 4.11. The molecule has 4 nitrogen and oxygen atoms in total. The molecule has 2 heterocycles. The number of rotatable bonds is 4. The monoisotopic (exact) mass is 341 g/mol. The maximum absolute atomic E-state index is 12.2. The first-order valence-electron chi connectivity index (χ1n) is 7.86. The van der Waals surface area contributed by atoms with Crippen molar-refractivity contribution in [2.24, 2.45) is 0 Å². The summed E-state index contributed by atoms with van der Waals surface area (Å²) in [7, 11) is 0. The van der Waals surface area contributed by atoms with Crippen LogP contribution in [0.15, 0.2) is 41.8 Å². The standard InChI is InChI=1S/C19H19NO3S/c1-14-2-4-15(5-3-14)6-7-19(22)23-13-18(21)20-10-8-17-16(12-20)9-11-24-17/h2-7,9,11H,8,10,12-13H2,1H3/b7-6+. The summed E-state index contributed by atoms with van der Waals surface area (Å²) in [4.78, 5) is 27.0. The topological polar surface area (TPSA) is 46.6 Å². The minimum atomic E-state index is -0.503. The van der Waals surface area contributed by atoms with Gasteiger partial charge in [-0.1, -0.05) is 29.8 Å². The number of carbonyl (C=O) groups is 2. The Morgan fingerprint density at radius 1 is 1.25 bits per heavy atom. The molecule has 5 heteroatoms. The molecule has 24 heavy (non-hydrogen) atoms. The zero-order valence-electron chi connectivity index (χ0n) is 13.5. The van der Waals surface area contributed by atoms with Gasteiger partial charge >= 0.3 is 5.97 Å². The number of carbonyl (C=O) groups excluding carboxylic acids is 2. The molecule has 0 bridgehead atoms. The molecular weight excluding hydrogens is 322 g/mol. The lowest BCUT2D eigenvalue weighted by atomic mass is 10.1. The largest absolute Gasteiger partial charge is 0.452 e. The van der Waals surface area contributed by atoms with Gasteiger partial charge in [-0.25, -0.2) is 4.79 Å². The van der Waals surface area contributed by atoms with E-state index in [-0.39, 0.29) is 12.5 Å². The molecule has 1 aromatic carbocycles. The first-order valence-corrected chi connectivity index (χ1v) is 8.74. The number of nitrogens with zero attached hydrogens (tertiary/aromatic N) is 1. The molecule has 0 saturated heterocycles. The molecule has 1 aromatic heterocycles. The maximum atomic E-state index is 12.2. The molecule has 3 rings (SSSR count). The van der Waals surface area contributed by atoms with E-state index in [0.29, 0.717) is 13.1 Å². The Balaban J connectivity index is 1.47. The Kier molecular flexibility index (Phi) is 5.11. The third-order valence-electron chi connectivity index (χ3n) is 3.99. The van der Waals surface area contributed by atoms with Crippen molar-refractivity contribution < 1.29 is 14.3 Å². The SMILES string of the molecule is Cc1ccc(/C=C/C(=O)OCC(=O)N2CCc3sccc3C2)cc1. The van der Waals surface area contributed by atoms with Crippen molar-refractivity contribution in [2.75, 3.05) is 13.2 Å². The molecule has 1 amide bonds. The Hall–Kier alpha value is -2.40. The summed E-state index contributed by atoms with van der Waals surface area (Å²) in [6.07, 6.45) is 3.91. The molecule has 1 aliphatic heterocycles. The first kappa shape index (κ1) is 16.5. The van der Waals surface area contributed by atoms with Gasteiger partial charge in [-0.15, -0.1) is 11.3 Å². The third-order valence-corrected chi connectivity index (χ3v) is 5.01. The molecule has 0 aliphatic carbocycles. The zero-order valence-corrected chi connectivity index (χ0v) is 14.3. The van der Waals surface area contributed by atoms with Gasteiger partial charge in [0.25, 0.3) is 5.91 Å². The number of fused-ring (bicyclic) bond motifs is 1. The van der Waals surface area contributed by atoms with Gasteiger partial charge in [-0.2, -0.15) is 0 Å². The number of hydrogen-bond acceptors (Lipinski definition) is 4. The van der Waals surface area contributed by atoms with E-state index in [1.165, 1.54) is 16.5 Å². The van der Waals surface area contributed by atoms with Gasteiger partial charge in [0.15, 0.2) is 6.61 Å². The van der Waals surface area contributed by atoms with Crippen LogP contribution in [0.1, 0.15) is 21.6 Å². The molecule has 0 unspecified atom stereocenters. The Labute approximate surface area is 145 Å². The van der Waals surface area contributed by atoms with Crippen LogP contribution < -0.4 is 0 Å². The van der Waals surface area contributed by atoms with Gasteiger partial charge in [0.1, 0.15) is 0 Å². The molecule has 0 saturated carbocycles. The fraction of sp³-hybridized carbons (Fsp3) is 0.263. The van der Waals surface area contributed by atoms with Crippen molar-refractivity contribution >= 4 is 29.3 Å². The fourth-order valence-corrected chi connectivity index (χ4v) is 3.47. The average molecular weight is 341 g/mol. The second-order valence-electron chi connectivity index (χ2n) is 5.79. The van der Waals surface area contributed by atoms with Crippen molar-refractivity contribution in [3.63, 3.8) is 0 Å². The van der Waals surface area contributed by atoms with Crippen molar-refractivity contribution in [1.82, 2.24) is 4.90 Å². The van der Waals surface area contributed by atoms with E-state index in [1.54, 1.807) is 22.3 Å². The van der Waals surface area contributed by atoms with Gasteiger partial charge in [0.05, 0.1) is 0 Å². The maximum Gasteiger partial charge on any atom is 0.331 e. The normalized spacial score (nSPS) is 13.8. The van der Waals surface area contributed by atoms with Crippen LogP contribution in [0.25, 0.3) is 6.08 Å². The minimum absolute atomic E-state index is 0.149. The molecule has 0 spiro atoms. The predicted molar refractivity (Wildman–Crippen MR) is 94.6 cm³/mol. The average Bonchev–Trinajstić information content (AvgIpc) is 3.06. The highest BCUT2D eigenvalue weighted by atomic mass is 32.1. The Morgan fingerprint density at radius 3 is 2.83 bits per heavy atom. The summed E-state index contributed by atoms with van der Waals surface area (Å²) >= 11 is 1.73. The molecule has 0 fully saturated rings. The quantitative estimate of drug-likeness (QED) is 0.634. The van der Waals surface area contributed by atoms with E-state index in [9.17, 15) is 9.59 Å². The smallest absolute Gasteiger partial charge is 0.331 e. The van der Waals surface area contributed by atoms with Crippen LogP contribution in [0.2, 0.25) is 0 Å². The van der Waals surface area contributed by atoms with Crippen LogP contribution in [-0.2, 0) is 27.3 Å². The van der Waals surface area contributed by atoms with Gasteiger partial charge in [0.2, 0.25) is 0 Å². The molecule has 0 radical (unpaired) electrons. The van der Waals surface area contributed by atoms with E-state index < -0.39 is 5.97 Å². The van der Waals surface area contributed by atoms with Crippen LogP contribution in [0, 0.1) is 6.92 Å². The number of aryl methyl sites for hydroxylation is 1. The summed E-state index contributed by atoms with van der Waals surface area (Å²) < 4.78 is 5.06. The van der Waals surface area contributed by atoms with Gasteiger partial charge in [-0.05, 0) is 42.0 Å². The summed E-state index contributed by atoms with van der Waals surface area (Å²) in [5.74, 6) is -0.652. The zero-order chi connectivity index (χ0) is 16.9. The van der Waals surface area contributed by atoms with Crippen LogP contribution in [0.3, 0.4) is 0 Å². The minimum Gasteiger partial charge on any atom is -0.452 e. The number of esters is 1. The number of thiophene rings is 1. The number of benzene rings is 1. The molecule has 2 aromatic rings. The number of ether oxygens (including phenoxy) is 1. The molecule has 0 atom stereocenters. The molecular formula is C19H19NO3S. The van der Waals surface area contributed by atoms with Crippen LogP contribution in [-0.4, -0.2) is 29.9 Å². The molecule has 0 N–H and O–H groups in total. The first-order chi connectivity index (χ1) is 11.6. The molecule has 1 aliphatic rings. The summed E-state index contributed by atoms with van der Waals surface area (Å²) in [5, 5.41) is 2.05. The van der Waals surface area contributed by atoms with E-state index in [0.717, 1.165) is 17.5 Å². The van der Waals surface area contributed by atoms with E-state index in [4.69, 9.17) is 4.74 Å². The highest BCUT2D eigenvalue weighted by Crippen LogP contribution is 2.23. The molecule has 124 valence electrons. The van der Waals surface area contributed by atoms with Crippen LogP contribution in [0.4, 0.5) is 0 Å². The van der Waals surface area contributed by atoms with Crippen LogP contribution >= 0.6 is 11.3 Å². The fourth-order valence-electron chi connectivity index (χ4n) is 2.58. The number of amides is 1. The van der Waals surface area contributed by atoms with Crippen molar-refractivity contribution in [2.45, 2.75) is 19.9 Å². The van der Waals surface area contributed by atoms with Gasteiger partial charge < -0.3 is 9.64 Å². The highest BCUT2D eigenvalue weighted by molar-refractivity contribution is 7.10. The van der Waals surface area contributed by atoms with E-state index in [2.05, 4.69) is 11.4 Å². The lowest BCUT2D eigenvalue weighted by Gasteiger charge is -2.26. The summed E-state index contributed by atoms with van der Waals surface area (Å²) in [6.45, 7) is 3.08. The predicted octanol–water partition coefficient (Wildman–Crippen LogP) is 3.20. The van der Waals surface area contributed by atoms with E-state index >= 15 is 0 Å².